The zero-order valence-corrected chi connectivity index (χ0v) is 12.9. The molecule has 0 spiro atoms. The van der Waals surface area contributed by atoms with Gasteiger partial charge in [-0.15, -0.1) is 0 Å². The zero-order chi connectivity index (χ0) is 15.9. The summed E-state index contributed by atoms with van der Waals surface area (Å²) in [6.07, 6.45) is 1.90. The third-order valence-corrected chi connectivity index (χ3v) is 3.80. The second kappa shape index (κ2) is 7.98. The molecule has 0 radical (unpaired) electrons. The van der Waals surface area contributed by atoms with Crippen molar-refractivity contribution in [1.82, 2.24) is 10.6 Å². The highest BCUT2D eigenvalue weighted by atomic mass is 19.1. The molecule has 22 heavy (non-hydrogen) atoms. The normalized spacial score (nSPS) is 19.6. The number of amides is 2. The number of piperidine rings is 1. The molecular formula is C16H24FN3O2. The van der Waals surface area contributed by atoms with E-state index in [9.17, 15) is 9.18 Å². The first-order valence-corrected chi connectivity index (χ1v) is 7.78. The van der Waals surface area contributed by atoms with Crippen LogP contribution in [0, 0.1) is 5.82 Å². The molecule has 5 nitrogen and oxygen atoms in total. The number of hydrogen-bond donors (Lipinski definition) is 3. The molecule has 1 aliphatic rings. The maximum atomic E-state index is 13.8. The molecule has 2 rings (SSSR count). The first-order valence-electron chi connectivity index (χ1n) is 7.78. The Morgan fingerprint density at radius 1 is 1.50 bits per heavy atom. The van der Waals surface area contributed by atoms with Gasteiger partial charge in [0.15, 0.2) is 0 Å². The summed E-state index contributed by atoms with van der Waals surface area (Å²) >= 11 is 0. The van der Waals surface area contributed by atoms with Gasteiger partial charge in [-0.05, 0) is 38.3 Å². The lowest BCUT2D eigenvalue weighted by atomic mass is 10.0. The number of aliphatic hydroxyl groups is 1. The average molecular weight is 309 g/mol. The lowest BCUT2D eigenvalue weighted by Crippen LogP contribution is -2.51. The lowest BCUT2D eigenvalue weighted by molar-refractivity contribution is 0.183. The molecule has 2 unspecified atom stereocenters. The molecule has 1 heterocycles. The predicted octanol–water partition coefficient (Wildman–Crippen LogP) is 1.86. The first kappa shape index (κ1) is 16.5. The summed E-state index contributed by atoms with van der Waals surface area (Å²) in [6.45, 7) is 3.52. The predicted molar refractivity (Wildman–Crippen MR) is 84.5 cm³/mol. The minimum absolute atomic E-state index is 0.0000869. The van der Waals surface area contributed by atoms with Gasteiger partial charge in [0, 0.05) is 25.7 Å². The van der Waals surface area contributed by atoms with E-state index in [-0.39, 0.29) is 17.9 Å². The third-order valence-electron chi connectivity index (χ3n) is 3.80. The van der Waals surface area contributed by atoms with Gasteiger partial charge in [0.25, 0.3) is 0 Å². The summed E-state index contributed by atoms with van der Waals surface area (Å²) in [5.74, 6) is -0.232. The molecule has 2 amide bonds. The summed E-state index contributed by atoms with van der Waals surface area (Å²) in [5, 5.41) is 14.8. The van der Waals surface area contributed by atoms with Gasteiger partial charge in [0.1, 0.15) is 5.82 Å². The smallest absolute Gasteiger partial charge is 0.315 e. The second-order valence-corrected chi connectivity index (χ2v) is 5.77. The van der Waals surface area contributed by atoms with Crippen LogP contribution in [-0.4, -0.2) is 42.9 Å². The number of anilines is 1. The van der Waals surface area contributed by atoms with Crippen LogP contribution in [0.2, 0.25) is 0 Å². The maximum Gasteiger partial charge on any atom is 0.315 e. The topological polar surface area (TPSA) is 64.6 Å². The van der Waals surface area contributed by atoms with Crippen molar-refractivity contribution in [3.8, 4) is 0 Å². The van der Waals surface area contributed by atoms with E-state index in [1.165, 1.54) is 6.07 Å². The van der Waals surface area contributed by atoms with Crippen LogP contribution in [0.5, 0.6) is 0 Å². The Morgan fingerprint density at radius 3 is 3.00 bits per heavy atom. The Labute approximate surface area is 130 Å². The largest absolute Gasteiger partial charge is 0.393 e. The fraction of sp³-hybridized carbons (Fsp3) is 0.562. The van der Waals surface area contributed by atoms with Crippen molar-refractivity contribution in [2.45, 2.75) is 38.3 Å². The molecule has 0 aromatic heterocycles. The SMILES string of the molecule is CC(O)CCNC(=O)NC1CCCN(c2ccccc2F)C1. The van der Waals surface area contributed by atoms with Crippen LogP contribution in [0.15, 0.2) is 24.3 Å². The molecule has 6 heteroatoms. The number of hydrogen-bond acceptors (Lipinski definition) is 3. The molecule has 1 aliphatic heterocycles. The van der Waals surface area contributed by atoms with Crippen LogP contribution in [0.4, 0.5) is 14.9 Å². The number of para-hydroxylation sites is 1. The number of nitrogens with one attached hydrogen (secondary N) is 2. The van der Waals surface area contributed by atoms with Crippen LogP contribution in [0.3, 0.4) is 0 Å². The molecule has 122 valence electrons. The highest BCUT2D eigenvalue weighted by molar-refractivity contribution is 5.74. The molecule has 1 saturated heterocycles. The van der Waals surface area contributed by atoms with Gasteiger partial charge in [-0.1, -0.05) is 12.1 Å². The summed E-state index contributed by atoms with van der Waals surface area (Å²) < 4.78 is 13.8. The van der Waals surface area contributed by atoms with E-state index < -0.39 is 6.10 Å². The van der Waals surface area contributed by atoms with E-state index in [1.807, 2.05) is 11.0 Å². The van der Waals surface area contributed by atoms with Gasteiger partial charge in [-0.2, -0.15) is 0 Å². The quantitative estimate of drug-likeness (QED) is 0.778. The van der Waals surface area contributed by atoms with Crippen LogP contribution in [-0.2, 0) is 0 Å². The van der Waals surface area contributed by atoms with Crippen LogP contribution < -0.4 is 15.5 Å². The summed E-state index contributed by atoms with van der Waals surface area (Å²) in [5.41, 5.74) is 0.587. The van der Waals surface area contributed by atoms with Gasteiger partial charge < -0.3 is 20.6 Å². The van der Waals surface area contributed by atoms with Crippen molar-refractivity contribution in [2.75, 3.05) is 24.5 Å². The Morgan fingerprint density at radius 2 is 2.27 bits per heavy atom. The van der Waals surface area contributed by atoms with Gasteiger partial charge in [-0.3, -0.25) is 0 Å². The van der Waals surface area contributed by atoms with Gasteiger partial charge in [0.2, 0.25) is 0 Å². The van der Waals surface area contributed by atoms with E-state index in [2.05, 4.69) is 10.6 Å². The summed E-state index contributed by atoms with van der Waals surface area (Å²) in [7, 11) is 0. The minimum Gasteiger partial charge on any atom is -0.393 e. The molecule has 3 N–H and O–H groups in total. The summed E-state index contributed by atoms with van der Waals surface area (Å²) in [4.78, 5) is 13.8. The maximum absolute atomic E-state index is 13.8. The summed E-state index contributed by atoms with van der Waals surface area (Å²) in [6, 6.07) is 6.47. The fourth-order valence-corrected chi connectivity index (χ4v) is 2.65. The number of urea groups is 1. The molecule has 0 aliphatic carbocycles. The van der Waals surface area contributed by atoms with E-state index in [0.717, 1.165) is 19.4 Å². The number of halogens is 1. The lowest BCUT2D eigenvalue weighted by Gasteiger charge is -2.34. The van der Waals surface area contributed by atoms with Crippen LogP contribution in [0.25, 0.3) is 0 Å². The number of benzene rings is 1. The van der Waals surface area contributed by atoms with E-state index in [1.54, 1.807) is 19.1 Å². The highest BCUT2D eigenvalue weighted by Gasteiger charge is 2.23. The van der Waals surface area contributed by atoms with Gasteiger partial charge >= 0.3 is 6.03 Å². The highest BCUT2D eigenvalue weighted by Crippen LogP contribution is 2.22. The fourth-order valence-electron chi connectivity index (χ4n) is 2.65. The van der Waals surface area contributed by atoms with E-state index >= 15 is 0 Å². The van der Waals surface area contributed by atoms with Crippen molar-refractivity contribution in [3.05, 3.63) is 30.1 Å². The molecule has 2 atom stereocenters. The number of carbonyl (C=O) groups is 1. The molecule has 1 fully saturated rings. The van der Waals surface area contributed by atoms with E-state index in [0.29, 0.717) is 25.2 Å². The van der Waals surface area contributed by atoms with Crippen LogP contribution >= 0.6 is 0 Å². The number of nitrogens with zero attached hydrogens (tertiary/aromatic N) is 1. The van der Waals surface area contributed by atoms with Crippen molar-refractivity contribution >= 4 is 11.7 Å². The average Bonchev–Trinajstić information content (AvgIpc) is 2.47. The van der Waals surface area contributed by atoms with Crippen molar-refractivity contribution in [2.24, 2.45) is 0 Å². The second-order valence-electron chi connectivity index (χ2n) is 5.77. The van der Waals surface area contributed by atoms with E-state index in [4.69, 9.17) is 5.11 Å². The molecule has 0 saturated carbocycles. The standard InChI is InChI=1S/C16H24FN3O2/c1-12(21)8-9-18-16(22)19-13-5-4-10-20(11-13)15-7-3-2-6-14(15)17/h2-3,6-7,12-13,21H,4-5,8-11H2,1H3,(H2,18,19,22). The number of aliphatic hydroxyl groups excluding tert-OH is 1. The first-order chi connectivity index (χ1) is 10.6. The van der Waals surface area contributed by atoms with Crippen molar-refractivity contribution in [1.29, 1.82) is 0 Å². The molecule has 1 aromatic carbocycles. The Kier molecular flexibility index (Phi) is 6.00. The van der Waals surface area contributed by atoms with Gasteiger partial charge in [0.05, 0.1) is 11.8 Å². The molecule has 1 aromatic rings. The van der Waals surface area contributed by atoms with Crippen molar-refractivity contribution < 1.29 is 14.3 Å². The molecular weight excluding hydrogens is 285 g/mol. The Balaban J connectivity index is 1.83. The Bertz CT molecular complexity index is 496. The zero-order valence-electron chi connectivity index (χ0n) is 12.9. The monoisotopic (exact) mass is 309 g/mol. The third kappa shape index (κ3) is 4.87. The van der Waals surface area contributed by atoms with Crippen LogP contribution in [0.1, 0.15) is 26.2 Å². The van der Waals surface area contributed by atoms with Crippen molar-refractivity contribution in [3.63, 3.8) is 0 Å². The van der Waals surface area contributed by atoms with Gasteiger partial charge in [-0.25, -0.2) is 9.18 Å². The minimum atomic E-state index is -0.425. The Hall–Kier alpha value is -1.82. The number of carbonyl (C=O) groups excluding carboxylic acids is 1. The molecule has 0 bridgehead atoms. The number of rotatable bonds is 5.